The predicted octanol–water partition coefficient (Wildman–Crippen LogP) is 1.73. The van der Waals surface area contributed by atoms with E-state index in [2.05, 4.69) is 17.4 Å². The Morgan fingerprint density at radius 2 is 1.92 bits per heavy atom. The lowest BCUT2D eigenvalue weighted by Crippen LogP contribution is -2.58. The average Bonchev–Trinajstić information content (AvgIpc) is 3.39. The Bertz CT molecular complexity index is 630. The van der Waals surface area contributed by atoms with Gasteiger partial charge in [-0.05, 0) is 56.6 Å². The van der Waals surface area contributed by atoms with Gasteiger partial charge in [0.2, 0.25) is 11.8 Å². The van der Waals surface area contributed by atoms with Gasteiger partial charge in [0, 0.05) is 13.1 Å². The number of likely N-dealkylation sites (tertiary alicyclic amines) is 1. The first kappa shape index (κ1) is 18.9. The molecular weight excluding hydrogens is 330 g/mol. The van der Waals surface area contributed by atoms with E-state index >= 15 is 0 Å². The molecule has 1 saturated heterocycles. The van der Waals surface area contributed by atoms with E-state index in [1.54, 1.807) is 5.48 Å². The molecule has 2 amide bonds. The third kappa shape index (κ3) is 4.43. The van der Waals surface area contributed by atoms with Gasteiger partial charge in [-0.1, -0.05) is 30.3 Å². The van der Waals surface area contributed by atoms with Gasteiger partial charge in [-0.15, -0.1) is 0 Å². The summed E-state index contributed by atoms with van der Waals surface area (Å²) in [6.07, 6.45) is 5.78. The van der Waals surface area contributed by atoms with Crippen LogP contribution in [0.2, 0.25) is 0 Å². The van der Waals surface area contributed by atoms with Gasteiger partial charge in [-0.2, -0.15) is 0 Å². The Morgan fingerprint density at radius 1 is 1.19 bits per heavy atom. The quantitative estimate of drug-likeness (QED) is 0.393. The van der Waals surface area contributed by atoms with Crippen LogP contribution in [0.5, 0.6) is 0 Å². The minimum atomic E-state index is -0.512. The van der Waals surface area contributed by atoms with E-state index in [0.717, 1.165) is 38.6 Å². The molecule has 3 N–H and O–H groups in total. The first-order valence-electron chi connectivity index (χ1n) is 9.50. The summed E-state index contributed by atoms with van der Waals surface area (Å²) in [5, 5.41) is 12.1. The number of amides is 2. The Morgan fingerprint density at radius 3 is 2.58 bits per heavy atom. The molecule has 1 aromatic rings. The largest absolute Gasteiger partial charge is 0.355 e. The fourth-order valence-electron chi connectivity index (χ4n) is 4.23. The summed E-state index contributed by atoms with van der Waals surface area (Å²) < 4.78 is 0. The van der Waals surface area contributed by atoms with Crippen LogP contribution in [0.3, 0.4) is 0 Å². The fourth-order valence-corrected chi connectivity index (χ4v) is 4.23. The SMILES string of the molecule is CN1CC2(CC2)CC(C(=O)NO)C1C(=O)NCCCCc1ccccc1. The molecule has 6 nitrogen and oxygen atoms in total. The highest BCUT2D eigenvalue weighted by molar-refractivity contribution is 5.90. The van der Waals surface area contributed by atoms with Crippen molar-refractivity contribution in [3.05, 3.63) is 35.9 Å². The molecule has 1 saturated carbocycles. The number of hydroxylamine groups is 1. The van der Waals surface area contributed by atoms with Crippen molar-refractivity contribution in [1.29, 1.82) is 0 Å². The monoisotopic (exact) mass is 359 g/mol. The highest BCUT2D eigenvalue weighted by Gasteiger charge is 2.54. The second kappa shape index (κ2) is 8.18. The Hall–Kier alpha value is -1.92. The van der Waals surface area contributed by atoms with E-state index in [0.29, 0.717) is 13.0 Å². The second-order valence-electron chi connectivity index (χ2n) is 7.88. The van der Waals surface area contributed by atoms with Gasteiger partial charge in [-0.3, -0.25) is 19.7 Å². The molecule has 3 rings (SSSR count). The van der Waals surface area contributed by atoms with Crippen LogP contribution in [0.4, 0.5) is 0 Å². The number of rotatable bonds is 7. The van der Waals surface area contributed by atoms with E-state index in [1.165, 1.54) is 5.56 Å². The Kier molecular flexibility index (Phi) is 5.94. The highest BCUT2D eigenvalue weighted by Crippen LogP contribution is 2.54. The van der Waals surface area contributed by atoms with Crippen molar-refractivity contribution in [2.45, 2.75) is 44.6 Å². The summed E-state index contributed by atoms with van der Waals surface area (Å²) in [6, 6.07) is 9.80. The lowest BCUT2D eigenvalue weighted by Gasteiger charge is -2.41. The lowest BCUT2D eigenvalue weighted by molar-refractivity contribution is -0.145. The number of nitrogens with one attached hydrogen (secondary N) is 2. The normalized spacial score (nSPS) is 24.2. The maximum Gasteiger partial charge on any atom is 0.248 e. The number of likely N-dealkylation sites (N-methyl/N-ethyl adjacent to an activating group) is 1. The maximum absolute atomic E-state index is 12.7. The van der Waals surface area contributed by atoms with Crippen LogP contribution >= 0.6 is 0 Å². The molecule has 1 aliphatic carbocycles. The van der Waals surface area contributed by atoms with Gasteiger partial charge in [0.25, 0.3) is 0 Å². The highest BCUT2D eigenvalue weighted by atomic mass is 16.5. The number of hydrogen-bond acceptors (Lipinski definition) is 4. The number of nitrogens with zero attached hydrogens (tertiary/aromatic N) is 1. The number of carbonyl (C=O) groups excluding carboxylic acids is 2. The van der Waals surface area contributed by atoms with Crippen LogP contribution < -0.4 is 10.8 Å². The number of carbonyl (C=O) groups is 2. The van der Waals surface area contributed by atoms with Crippen molar-refractivity contribution in [1.82, 2.24) is 15.7 Å². The molecule has 0 bridgehead atoms. The van der Waals surface area contributed by atoms with Gasteiger partial charge in [0.1, 0.15) is 6.04 Å². The van der Waals surface area contributed by atoms with E-state index < -0.39 is 17.9 Å². The van der Waals surface area contributed by atoms with Crippen molar-refractivity contribution in [3.8, 4) is 0 Å². The fraction of sp³-hybridized carbons (Fsp3) is 0.600. The van der Waals surface area contributed by atoms with Crippen LogP contribution in [0.25, 0.3) is 0 Å². The molecule has 1 aromatic carbocycles. The molecule has 6 heteroatoms. The van der Waals surface area contributed by atoms with Crippen molar-refractivity contribution in [2.24, 2.45) is 11.3 Å². The number of unbranched alkanes of at least 4 members (excludes halogenated alkanes) is 1. The van der Waals surface area contributed by atoms with E-state index in [4.69, 9.17) is 5.21 Å². The molecule has 1 spiro atoms. The molecule has 142 valence electrons. The van der Waals surface area contributed by atoms with E-state index in [-0.39, 0.29) is 11.3 Å². The molecule has 0 radical (unpaired) electrons. The van der Waals surface area contributed by atoms with Crippen LogP contribution in [0.1, 0.15) is 37.7 Å². The molecule has 0 aromatic heterocycles. The van der Waals surface area contributed by atoms with Crippen LogP contribution in [0.15, 0.2) is 30.3 Å². The first-order valence-corrected chi connectivity index (χ1v) is 9.50. The molecule has 1 aliphatic heterocycles. The molecule has 26 heavy (non-hydrogen) atoms. The zero-order valence-corrected chi connectivity index (χ0v) is 15.4. The van der Waals surface area contributed by atoms with E-state index in [9.17, 15) is 9.59 Å². The Labute approximate surface area is 154 Å². The molecule has 2 unspecified atom stereocenters. The molecule has 2 fully saturated rings. The number of hydrogen-bond donors (Lipinski definition) is 3. The van der Waals surface area contributed by atoms with Crippen molar-refractivity contribution < 1.29 is 14.8 Å². The summed E-state index contributed by atoms with van der Waals surface area (Å²) in [5.41, 5.74) is 3.23. The van der Waals surface area contributed by atoms with Crippen LogP contribution in [-0.2, 0) is 16.0 Å². The van der Waals surface area contributed by atoms with Crippen LogP contribution in [0, 0.1) is 11.3 Å². The summed E-state index contributed by atoms with van der Waals surface area (Å²) in [6.45, 7) is 1.45. The third-order valence-corrected chi connectivity index (χ3v) is 5.80. The Balaban J connectivity index is 1.48. The lowest BCUT2D eigenvalue weighted by atomic mass is 9.80. The number of aryl methyl sites for hydroxylation is 1. The third-order valence-electron chi connectivity index (χ3n) is 5.80. The summed E-state index contributed by atoms with van der Waals surface area (Å²) in [7, 11) is 1.90. The average molecular weight is 359 g/mol. The minimum absolute atomic E-state index is 0.115. The zero-order chi connectivity index (χ0) is 18.6. The standard InChI is InChI=1S/C20H29N3O3/c1-23-14-20(10-11-20)13-16(18(24)22-26)17(23)19(25)21-12-6-5-9-15-7-3-2-4-8-15/h2-4,7-8,16-17,26H,5-6,9-14H2,1H3,(H,21,25)(H,22,24). The number of piperidine rings is 1. The maximum atomic E-state index is 12.7. The van der Waals surface area contributed by atoms with Gasteiger partial charge in [0.05, 0.1) is 5.92 Å². The first-order chi connectivity index (χ1) is 12.5. The van der Waals surface area contributed by atoms with Crippen LogP contribution in [-0.4, -0.2) is 48.1 Å². The number of benzene rings is 1. The molecule has 1 heterocycles. The van der Waals surface area contributed by atoms with Crippen molar-refractivity contribution in [3.63, 3.8) is 0 Å². The van der Waals surface area contributed by atoms with Crippen molar-refractivity contribution >= 4 is 11.8 Å². The summed E-state index contributed by atoms with van der Waals surface area (Å²) in [5.74, 6) is -1.06. The zero-order valence-electron chi connectivity index (χ0n) is 15.4. The molecule has 2 aliphatic rings. The second-order valence-corrected chi connectivity index (χ2v) is 7.88. The summed E-state index contributed by atoms with van der Waals surface area (Å²) >= 11 is 0. The minimum Gasteiger partial charge on any atom is -0.355 e. The van der Waals surface area contributed by atoms with E-state index in [1.807, 2.05) is 30.1 Å². The van der Waals surface area contributed by atoms with Gasteiger partial charge in [-0.25, -0.2) is 5.48 Å². The summed E-state index contributed by atoms with van der Waals surface area (Å²) in [4.78, 5) is 26.8. The smallest absolute Gasteiger partial charge is 0.248 e. The van der Waals surface area contributed by atoms with Gasteiger partial charge >= 0.3 is 0 Å². The van der Waals surface area contributed by atoms with Gasteiger partial charge < -0.3 is 5.32 Å². The topological polar surface area (TPSA) is 81.7 Å². The van der Waals surface area contributed by atoms with Crippen molar-refractivity contribution in [2.75, 3.05) is 20.1 Å². The molecule has 2 atom stereocenters. The molecular formula is C20H29N3O3. The predicted molar refractivity (Wildman–Crippen MR) is 98.5 cm³/mol. The van der Waals surface area contributed by atoms with Gasteiger partial charge in [0.15, 0.2) is 0 Å².